The zero-order valence-corrected chi connectivity index (χ0v) is 25.4. The molecule has 2 heterocycles. The van der Waals surface area contributed by atoms with Crippen molar-refractivity contribution in [3.05, 3.63) is 62.9 Å². The first-order chi connectivity index (χ1) is 19.9. The van der Waals surface area contributed by atoms with Crippen molar-refractivity contribution in [1.29, 1.82) is 0 Å². The third-order valence-corrected chi connectivity index (χ3v) is 9.41. The number of methoxy groups -OCH3 is 1. The minimum atomic E-state index is -1.59. The van der Waals surface area contributed by atoms with Gasteiger partial charge >= 0.3 is 5.97 Å². The predicted octanol–water partition coefficient (Wildman–Crippen LogP) is 5.95. The van der Waals surface area contributed by atoms with Gasteiger partial charge in [0.2, 0.25) is 0 Å². The van der Waals surface area contributed by atoms with E-state index >= 15 is 8.78 Å². The first-order valence-corrected chi connectivity index (χ1v) is 15.1. The molecule has 2 aliphatic heterocycles. The highest BCUT2D eigenvalue weighted by Crippen LogP contribution is 2.46. The normalized spacial score (nSPS) is 24.9. The molecule has 0 bridgehead atoms. The van der Waals surface area contributed by atoms with E-state index in [2.05, 4.69) is 4.90 Å². The highest BCUT2D eigenvalue weighted by molar-refractivity contribution is 6.34. The molecule has 42 heavy (non-hydrogen) atoms. The lowest BCUT2D eigenvalue weighted by molar-refractivity contribution is -0.146. The lowest BCUT2D eigenvalue weighted by atomic mass is 9.92. The summed E-state index contributed by atoms with van der Waals surface area (Å²) in [4.78, 5) is 29.1. The number of piperidine rings is 1. The zero-order valence-electron chi connectivity index (χ0n) is 23.9. The van der Waals surface area contributed by atoms with Gasteiger partial charge in [0.25, 0.3) is 5.91 Å². The number of carbonyl (C=O) groups excluding carboxylic acids is 2. The van der Waals surface area contributed by atoms with Crippen molar-refractivity contribution in [2.24, 2.45) is 5.92 Å². The topological polar surface area (TPSA) is 79.3 Å². The van der Waals surface area contributed by atoms with Crippen LogP contribution in [0.15, 0.2) is 30.3 Å². The van der Waals surface area contributed by atoms with E-state index < -0.39 is 41.4 Å². The van der Waals surface area contributed by atoms with Crippen LogP contribution in [0.4, 0.5) is 8.78 Å². The lowest BCUT2D eigenvalue weighted by Gasteiger charge is -2.39. The van der Waals surface area contributed by atoms with Crippen molar-refractivity contribution in [2.45, 2.75) is 69.3 Å². The van der Waals surface area contributed by atoms with Crippen molar-refractivity contribution < 1.29 is 33.0 Å². The number of likely N-dealkylation sites (tertiary alicyclic amines) is 2. The van der Waals surface area contributed by atoms with Crippen molar-refractivity contribution in [3.63, 3.8) is 0 Å². The van der Waals surface area contributed by atoms with Crippen molar-refractivity contribution in [1.82, 2.24) is 9.80 Å². The van der Waals surface area contributed by atoms with Gasteiger partial charge in [-0.15, -0.1) is 0 Å². The minimum absolute atomic E-state index is 0.00537. The van der Waals surface area contributed by atoms with Gasteiger partial charge in [0.05, 0.1) is 18.8 Å². The van der Waals surface area contributed by atoms with Gasteiger partial charge in [0.1, 0.15) is 29.9 Å². The van der Waals surface area contributed by atoms with E-state index in [9.17, 15) is 14.7 Å². The standard InChI is InChI=1S/C31H36Cl2F2N2O5/c1-17-26(38)15-37(28(17)30(40)41-3)29(39)24-13-23(19-4-5-19)27(14-25(24)34)42-16-31(35)6-8-36(9-7-31)18(2)20-10-21(32)12-22(33)11-20/h10-14,17-19,26,28,38H,4-9,15-16H2,1-3H3/t17?,18-,26?,28?/m0/s1. The summed E-state index contributed by atoms with van der Waals surface area (Å²) in [6.45, 7) is 4.35. The molecule has 4 atom stereocenters. The molecule has 1 saturated carbocycles. The van der Waals surface area contributed by atoms with Gasteiger partial charge in [0, 0.05) is 47.7 Å². The number of amides is 1. The highest BCUT2D eigenvalue weighted by Gasteiger charge is 2.46. The van der Waals surface area contributed by atoms with Crippen LogP contribution in [0.1, 0.15) is 73.0 Å². The Labute approximate surface area is 254 Å². The maximum atomic E-state index is 15.9. The molecule has 1 amide bonds. The predicted molar refractivity (Wildman–Crippen MR) is 155 cm³/mol. The van der Waals surface area contributed by atoms with Crippen molar-refractivity contribution >= 4 is 35.1 Å². The van der Waals surface area contributed by atoms with Gasteiger partial charge in [-0.1, -0.05) is 30.1 Å². The maximum absolute atomic E-state index is 15.9. The number of ether oxygens (including phenoxy) is 2. The first-order valence-electron chi connectivity index (χ1n) is 14.3. The fraction of sp³-hybridized carbons (Fsp3) is 0.548. The van der Waals surface area contributed by atoms with Crippen LogP contribution in [0.2, 0.25) is 10.0 Å². The first kappa shape index (κ1) is 31.0. The number of β-amino-alcohol motifs (C(OH)–C–C–N with tert-alkyl or cyclic N) is 1. The number of aliphatic hydroxyl groups is 1. The summed E-state index contributed by atoms with van der Waals surface area (Å²) in [5.41, 5.74) is -0.193. The molecule has 2 aromatic carbocycles. The quantitative estimate of drug-likeness (QED) is 0.366. The Kier molecular flexibility index (Phi) is 9.05. The molecule has 0 aromatic heterocycles. The van der Waals surface area contributed by atoms with Crippen LogP contribution >= 0.6 is 23.2 Å². The van der Waals surface area contributed by atoms with Gasteiger partial charge in [-0.2, -0.15) is 0 Å². The second kappa shape index (κ2) is 12.3. The summed E-state index contributed by atoms with van der Waals surface area (Å²) < 4.78 is 42.1. The molecule has 3 aliphatic rings. The van der Waals surface area contributed by atoms with Crippen LogP contribution in [0.25, 0.3) is 0 Å². The van der Waals surface area contributed by atoms with E-state index in [1.165, 1.54) is 18.1 Å². The maximum Gasteiger partial charge on any atom is 0.328 e. The van der Waals surface area contributed by atoms with E-state index in [0.717, 1.165) is 24.5 Å². The van der Waals surface area contributed by atoms with Crippen LogP contribution in [0.5, 0.6) is 5.75 Å². The Morgan fingerprint density at radius 1 is 1.12 bits per heavy atom. The van der Waals surface area contributed by atoms with E-state index in [1.54, 1.807) is 13.0 Å². The van der Waals surface area contributed by atoms with Crippen LogP contribution < -0.4 is 4.74 Å². The molecule has 3 unspecified atom stereocenters. The fourth-order valence-corrected chi connectivity index (χ4v) is 6.61. The number of nitrogens with zero attached hydrogens (tertiary/aromatic N) is 2. The largest absolute Gasteiger partial charge is 0.490 e. The molecule has 0 spiro atoms. The molecule has 1 N–H and O–H groups in total. The molecule has 11 heteroatoms. The summed E-state index contributed by atoms with van der Waals surface area (Å²) in [5.74, 6) is -2.45. The number of hydrogen-bond donors (Lipinski definition) is 1. The number of halogens is 4. The van der Waals surface area contributed by atoms with Gasteiger partial charge in [-0.25, -0.2) is 13.6 Å². The van der Waals surface area contributed by atoms with Gasteiger partial charge < -0.3 is 19.5 Å². The molecular formula is C31H36Cl2F2N2O5. The molecular weight excluding hydrogens is 589 g/mol. The van der Waals surface area contributed by atoms with Gasteiger partial charge in [0.15, 0.2) is 0 Å². The molecule has 2 aromatic rings. The van der Waals surface area contributed by atoms with E-state index in [1.807, 2.05) is 19.1 Å². The van der Waals surface area contributed by atoms with Gasteiger partial charge in [-0.3, -0.25) is 9.69 Å². The molecule has 2 saturated heterocycles. The van der Waals surface area contributed by atoms with E-state index in [0.29, 0.717) is 28.7 Å². The number of aliphatic hydroxyl groups excluding tert-OH is 1. The molecule has 228 valence electrons. The van der Waals surface area contributed by atoms with Gasteiger partial charge in [-0.05, 0) is 73.9 Å². The minimum Gasteiger partial charge on any atom is -0.490 e. The molecule has 3 fully saturated rings. The second-order valence-corrected chi connectivity index (χ2v) is 12.7. The lowest BCUT2D eigenvalue weighted by Crippen LogP contribution is -2.45. The highest BCUT2D eigenvalue weighted by atomic mass is 35.5. The fourth-order valence-electron chi connectivity index (χ4n) is 6.07. The molecule has 7 nitrogen and oxygen atoms in total. The number of alkyl halides is 1. The van der Waals surface area contributed by atoms with Crippen molar-refractivity contribution in [2.75, 3.05) is 33.4 Å². The number of carbonyl (C=O) groups is 2. The van der Waals surface area contributed by atoms with Crippen LogP contribution in [0.3, 0.4) is 0 Å². The Bertz CT molecular complexity index is 1330. The third-order valence-electron chi connectivity index (χ3n) is 8.97. The molecule has 5 rings (SSSR count). The average Bonchev–Trinajstić information content (AvgIpc) is 3.75. The number of hydrogen-bond acceptors (Lipinski definition) is 6. The van der Waals surface area contributed by atoms with Crippen LogP contribution in [0, 0.1) is 11.7 Å². The summed E-state index contributed by atoms with van der Waals surface area (Å²) in [7, 11) is 1.21. The number of benzene rings is 2. The number of rotatable bonds is 8. The Morgan fingerprint density at radius 3 is 2.36 bits per heavy atom. The average molecular weight is 626 g/mol. The van der Waals surface area contributed by atoms with Crippen LogP contribution in [-0.4, -0.2) is 77.9 Å². The SMILES string of the molecule is COC(=O)C1C(C)C(O)CN1C(=O)c1cc(C2CC2)c(OCC2(F)CCN([C@@H](C)c3cc(Cl)cc(Cl)c3)CC2)cc1F. The van der Waals surface area contributed by atoms with Crippen molar-refractivity contribution in [3.8, 4) is 5.75 Å². The van der Waals surface area contributed by atoms with E-state index in [-0.39, 0.29) is 49.3 Å². The summed E-state index contributed by atoms with van der Waals surface area (Å²) >= 11 is 12.3. The molecule has 1 aliphatic carbocycles. The van der Waals surface area contributed by atoms with E-state index in [4.69, 9.17) is 32.7 Å². The van der Waals surface area contributed by atoms with Crippen LogP contribution in [-0.2, 0) is 9.53 Å². The summed E-state index contributed by atoms with van der Waals surface area (Å²) in [6.07, 6.45) is 1.24. The smallest absolute Gasteiger partial charge is 0.328 e. The number of esters is 1. The monoisotopic (exact) mass is 624 g/mol. The Morgan fingerprint density at radius 2 is 1.76 bits per heavy atom. The summed E-state index contributed by atoms with van der Waals surface area (Å²) in [5, 5.41) is 11.4. The summed E-state index contributed by atoms with van der Waals surface area (Å²) in [6, 6.07) is 6.99. The Balaban J connectivity index is 1.27. The third kappa shape index (κ3) is 6.39. The second-order valence-electron chi connectivity index (χ2n) is 11.9. The Hall–Kier alpha value is -2.46. The molecule has 0 radical (unpaired) electrons. The zero-order chi connectivity index (χ0) is 30.3.